The second-order valence-corrected chi connectivity index (χ2v) is 8.12. The van der Waals surface area contributed by atoms with E-state index in [0.717, 1.165) is 44.1 Å². The molecule has 1 spiro atoms. The fourth-order valence-electron chi connectivity index (χ4n) is 4.98. The molecule has 1 N–H and O–H groups in total. The number of esters is 1. The number of nitrogens with one attached hydrogen (secondary N) is 1. The van der Waals surface area contributed by atoms with Crippen LogP contribution in [0.1, 0.15) is 50.5 Å². The average Bonchev–Trinajstić information content (AvgIpc) is 3.27. The summed E-state index contributed by atoms with van der Waals surface area (Å²) in [6, 6.07) is 6.61. The van der Waals surface area contributed by atoms with Crippen molar-refractivity contribution in [3.05, 3.63) is 35.6 Å². The maximum Gasteiger partial charge on any atom is 0.307 e. The third kappa shape index (κ3) is 3.47. The molecule has 1 aromatic carbocycles. The number of rotatable bonds is 4. The summed E-state index contributed by atoms with van der Waals surface area (Å²) in [6.07, 6.45) is 5.11. The Morgan fingerprint density at radius 3 is 2.63 bits per heavy atom. The molecule has 1 unspecified atom stereocenters. The number of benzene rings is 1. The quantitative estimate of drug-likeness (QED) is 0.822. The van der Waals surface area contributed by atoms with E-state index >= 15 is 0 Å². The van der Waals surface area contributed by atoms with Crippen LogP contribution in [-0.4, -0.2) is 37.2 Å². The number of halogens is 1. The molecule has 1 amide bonds. The highest BCUT2D eigenvalue weighted by Crippen LogP contribution is 2.45. The van der Waals surface area contributed by atoms with Crippen LogP contribution in [0.3, 0.4) is 0 Å². The molecule has 2 heterocycles. The lowest BCUT2D eigenvalue weighted by molar-refractivity contribution is -0.150. The van der Waals surface area contributed by atoms with Gasteiger partial charge in [-0.2, -0.15) is 0 Å². The van der Waals surface area contributed by atoms with Crippen molar-refractivity contribution in [1.82, 2.24) is 5.32 Å². The van der Waals surface area contributed by atoms with Crippen molar-refractivity contribution in [3.8, 4) is 0 Å². The van der Waals surface area contributed by atoms with Crippen LogP contribution in [0.2, 0.25) is 0 Å². The Morgan fingerprint density at radius 1 is 1.19 bits per heavy atom. The van der Waals surface area contributed by atoms with Crippen LogP contribution in [0.25, 0.3) is 0 Å². The minimum Gasteiger partial charge on any atom is -0.458 e. The largest absolute Gasteiger partial charge is 0.458 e. The van der Waals surface area contributed by atoms with Gasteiger partial charge < -0.3 is 14.8 Å². The molecule has 146 valence electrons. The molecule has 0 aromatic heterocycles. The third-order valence-corrected chi connectivity index (χ3v) is 6.58. The van der Waals surface area contributed by atoms with Crippen molar-refractivity contribution < 1.29 is 23.5 Å². The Bertz CT molecular complexity index is 723. The highest BCUT2D eigenvalue weighted by atomic mass is 19.1. The molecule has 3 fully saturated rings. The summed E-state index contributed by atoms with van der Waals surface area (Å²) in [5, 5.41) is 3.08. The van der Waals surface area contributed by atoms with Gasteiger partial charge in [0.25, 0.3) is 0 Å². The smallest absolute Gasteiger partial charge is 0.307 e. The summed E-state index contributed by atoms with van der Waals surface area (Å²) in [4.78, 5) is 24.9. The molecule has 2 aliphatic heterocycles. The first-order valence-electron chi connectivity index (χ1n) is 9.86. The number of amides is 1. The summed E-state index contributed by atoms with van der Waals surface area (Å²) >= 11 is 0. The van der Waals surface area contributed by atoms with E-state index < -0.39 is 11.5 Å². The lowest BCUT2D eigenvalue weighted by Crippen LogP contribution is -2.49. The molecule has 0 bridgehead atoms. The number of ether oxygens (including phenoxy) is 2. The summed E-state index contributed by atoms with van der Waals surface area (Å²) in [7, 11) is 0. The van der Waals surface area contributed by atoms with E-state index in [9.17, 15) is 14.0 Å². The number of hydrogen-bond acceptors (Lipinski definition) is 4. The minimum absolute atomic E-state index is 0.120. The van der Waals surface area contributed by atoms with Crippen molar-refractivity contribution in [2.45, 2.75) is 56.0 Å². The zero-order valence-electron chi connectivity index (χ0n) is 15.5. The predicted octanol–water partition coefficient (Wildman–Crippen LogP) is 2.87. The Labute approximate surface area is 158 Å². The molecule has 27 heavy (non-hydrogen) atoms. The van der Waals surface area contributed by atoms with E-state index in [0.29, 0.717) is 19.8 Å². The Hall–Kier alpha value is -1.95. The highest BCUT2D eigenvalue weighted by Gasteiger charge is 2.54. The predicted molar refractivity (Wildman–Crippen MR) is 96.5 cm³/mol. The van der Waals surface area contributed by atoms with Crippen LogP contribution in [-0.2, 0) is 24.5 Å². The molecule has 6 heteroatoms. The van der Waals surface area contributed by atoms with Gasteiger partial charge in [-0.05, 0) is 56.2 Å². The van der Waals surface area contributed by atoms with Crippen molar-refractivity contribution in [2.24, 2.45) is 5.92 Å². The van der Waals surface area contributed by atoms with E-state index in [1.807, 2.05) is 6.07 Å². The van der Waals surface area contributed by atoms with Crippen LogP contribution >= 0.6 is 0 Å². The SMILES string of the molecule is O=C1CC(C(=O)NCC2(c3cccc(F)c3)CCOCC2)C2(CCCC2)O1. The van der Waals surface area contributed by atoms with E-state index in [2.05, 4.69) is 5.32 Å². The van der Waals surface area contributed by atoms with E-state index in [1.165, 1.54) is 6.07 Å². The molecule has 1 saturated carbocycles. The first kappa shape index (κ1) is 18.4. The molecule has 1 aliphatic carbocycles. The van der Waals surface area contributed by atoms with Gasteiger partial charge in [0.1, 0.15) is 11.4 Å². The summed E-state index contributed by atoms with van der Waals surface area (Å²) in [6.45, 7) is 1.59. The number of carbonyl (C=O) groups is 2. The van der Waals surface area contributed by atoms with Gasteiger partial charge in [0.05, 0.1) is 12.3 Å². The minimum atomic E-state index is -0.608. The average molecular weight is 375 g/mol. The first-order valence-corrected chi connectivity index (χ1v) is 9.86. The molecule has 4 rings (SSSR count). The summed E-state index contributed by atoms with van der Waals surface area (Å²) in [5.74, 6) is -1.09. The first-order chi connectivity index (χ1) is 13.0. The van der Waals surface area contributed by atoms with Crippen molar-refractivity contribution >= 4 is 11.9 Å². The van der Waals surface area contributed by atoms with Crippen molar-refractivity contribution in [1.29, 1.82) is 0 Å². The zero-order valence-corrected chi connectivity index (χ0v) is 15.5. The van der Waals surface area contributed by atoms with Crippen LogP contribution in [0.15, 0.2) is 24.3 Å². The van der Waals surface area contributed by atoms with Crippen molar-refractivity contribution in [3.63, 3.8) is 0 Å². The van der Waals surface area contributed by atoms with Crippen LogP contribution in [0, 0.1) is 11.7 Å². The fourth-order valence-corrected chi connectivity index (χ4v) is 4.98. The van der Waals surface area contributed by atoms with Gasteiger partial charge in [-0.3, -0.25) is 9.59 Å². The van der Waals surface area contributed by atoms with Gasteiger partial charge in [-0.1, -0.05) is 12.1 Å². The van der Waals surface area contributed by atoms with E-state index in [1.54, 1.807) is 12.1 Å². The third-order valence-electron chi connectivity index (χ3n) is 6.58. The lowest BCUT2D eigenvalue weighted by Gasteiger charge is -2.38. The normalized spacial score (nSPS) is 26.1. The monoisotopic (exact) mass is 375 g/mol. The second-order valence-electron chi connectivity index (χ2n) is 8.12. The molecule has 0 radical (unpaired) electrons. The highest BCUT2D eigenvalue weighted by molar-refractivity contribution is 5.88. The topological polar surface area (TPSA) is 64.6 Å². The van der Waals surface area contributed by atoms with Crippen LogP contribution < -0.4 is 5.32 Å². The maximum absolute atomic E-state index is 13.8. The summed E-state index contributed by atoms with van der Waals surface area (Å²) < 4.78 is 24.9. The van der Waals surface area contributed by atoms with Gasteiger partial charge in [-0.25, -0.2) is 4.39 Å². The zero-order chi connectivity index (χ0) is 18.9. The van der Waals surface area contributed by atoms with Gasteiger partial charge >= 0.3 is 5.97 Å². The molecular formula is C21H26FNO4. The summed E-state index contributed by atoms with van der Waals surface area (Å²) in [5.41, 5.74) is -0.0639. The van der Waals surface area contributed by atoms with Gasteiger partial charge in [-0.15, -0.1) is 0 Å². The van der Waals surface area contributed by atoms with Gasteiger partial charge in [0.2, 0.25) is 5.91 Å². The van der Waals surface area contributed by atoms with E-state index in [4.69, 9.17) is 9.47 Å². The number of hydrogen-bond donors (Lipinski definition) is 1. The van der Waals surface area contributed by atoms with Crippen LogP contribution in [0.5, 0.6) is 0 Å². The van der Waals surface area contributed by atoms with Crippen LogP contribution in [0.4, 0.5) is 4.39 Å². The molecule has 5 nitrogen and oxygen atoms in total. The maximum atomic E-state index is 13.8. The van der Waals surface area contributed by atoms with Gasteiger partial charge in [0, 0.05) is 25.2 Å². The Kier molecular flexibility index (Phi) is 4.93. The standard InChI is InChI=1S/C21H26FNO4/c22-16-5-3-4-15(12-16)20(8-10-26-11-9-20)14-23-19(25)17-13-18(24)27-21(17)6-1-2-7-21/h3-5,12,17H,1-2,6-11,13-14H2,(H,23,25). The van der Waals surface area contributed by atoms with Gasteiger partial charge in [0.15, 0.2) is 0 Å². The molecule has 1 aromatic rings. The second kappa shape index (κ2) is 7.23. The lowest BCUT2D eigenvalue weighted by atomic mass is 9.74. The van der Waals surface area contributed by atoms with Crippen molar-refractivity contribution in [2.75, 3.05) is 19.8 Å². The number of carbonyl (C=O) groups excluding carboxylic acids is 2. The Balaban J connectivity index is 1.51. The molecular weight excluding hydrogens is 349 g/mol. The molecule has 3 aliphatic rings. The van der Waals surface area contributed by atoms with E-state index in [-0.39, 0.29) is 29.5 Å². The fraction of sp³-hybridized carbons (Fsp3) is 0.619. The molecule has 2 saturated heterocycles. The molecule has 1 atom stereocenters. The Morgan fingerprint density at radius 2 is 1.93 bits per heavy atom.